The van der Waals surface area contributed by atoms with Crippen molar-refractivity contribution in [3.8, 4) is 5.75 Å². The van der Waals surface area contributed by atoms with Crippen LogP contribution in [0.5, 0.6) is 5.75 Å². The second-order valence-electron chi connectivity index (χ2n) is 10.0. The number of allylic oxidation sites excluding steroid dienone is 2. The van der Waals surface area contributed by atoms with Crippen molar-refractivity contribution < 1.29 is 9.57 Å². The number of methoxy groups -OCH3 is 1. The fraction of sp³-hybridized carbons (Fsp3) is 0.640. The molecule has 3 saturated carbocycles. The van der Waals surface area contributed by atoms with E-state index in [-0.39, 0.29) is 0 Å². The fourth-order valence-corrected chi connectivity index (χ4v) is 6.65. The topological polar surface area (TPSA) is 30.8 Å². The van der Waals surface area contributed by atoms with Crippen molar-refractivity contribution in [1.29, 1.82) is 0 Å². The first kappa shape index (κ1) is 19.5. The van der Waals surface area contributed by atoms with Crippen LogP contribution in [0.2, 0.25) is 0 Å². The number of rotatable bonds is 5. The molecule has 0 amide bonds. The summed E-state index contributed by atoms with van der Waals surface area (Å²) in [5.41, 5.74) is 4.60. The molecule has 152 valence electrons. The van der Waals surface area contributed by atoms with Gasteiger partial charge in [0.05, 0.1) is 12.8 Å². The van der Waals surface area contributed by atoms with Crippen LogP contribution in [-0.4, -0.2) is 12.8 Å². The van der Waals surface area contributed by atoms with E-state index in [1.54, 1.807) is 12.7 Å². The summed E-state index contributed by atoms with van der Waals surface area (Å²) in [6.45, 7) is 10.1. The molecule has 1 aromatic carbocycles. The fourth-order valence-electron chi connectivity index (χ4n) is 6.65. The Kier molecular flexibility index (Phi) is 5.05. The molecule has 0 spiro atoms. The van der Waals surface area contributed by atoms with Gasteiger partial charge >= 0.3 is 0 Å². The summed E-state index contributed by atoms with van der Waals surface area (Å²) >= 11 is 0. The molecule has 0 heterocycles. The normalized spacial score (nSPS) is 35.1. The highest BCUT2D eigenvalue weighted by Gasteiger charge is 2.62. The van der Waals surface area contributed by atoms with E-state index in [2.05, 4.69) is 38.9 Å². The van der Waals surface area contributed by atoms with Crippen LogP contribution in [0.1, 0.15) is 65.4 Å². The molecule has 0 radical (unpaired) electrons. The predicted octanol–water partition coefficient (Wildman–Crippen LogP) is 6.39. The smallest absolute Gasteiger partial charge is 0.142 e. The first-order chi connectivity index (χ1) is 13.3. The van der Waals surface area contributed by atoms with E-state index in [4.69, 9.17) is 9.57 Å². The third-order valence-corrected chi connectivity index (χ3v) is 7.92. The van der Waals surface area contributed by atoms with Gasteiger partial charge in [-0.05, 0) is 85.0 Å². The zero-order chi connectivity index (χ0) is 19.9. The van der Waals surface area contributed by atoms with E-state index in [9.17, 15) is 0 Å². The number of hydrogen-bond acceptors (Lipinski definition) is 3. The Hall–Kier alpha value is -1.77. The van der Waals surface area contributed by atoms with Gasteiger partial charge in [0.25, 0.3) is 0 Å². The van der Waals surface area contributed by atoms with Gasteiger partial charge in [0.15, 0.2) is 0 Å². The summed E-state index contributed by atoms with van der Waals surface area (Å²) in [4.78, 5) is 5.66. The molecule has 4 bridgehead atoms. The molecule has 0 aliphatic heterocycles. The molecule has 3 aliphatic carbocycles. The average molecular weight is 382 g/mol. The molecule has 3 heteroatoms. The van der Waals surface area contributed by atoms with Gasteiger partial charge in [-0.15, -0.1) is 0 Å². The van der Waals surface area contributed by atoms with Crippen molar-refractivity contribution in [1.82, 2.24) is 0 Å². The van der Waals surface area contributed by atoms with Crippen LogP contribution >= 0.6 is 0 Å². The molecule has 4 rings (SSSR count). The maximum Gasteiger partial charge on any atom is 0.142 e. The first-order valence-electron chi connectivity index (χ1n) is 10.9. The minimum Gasteiger partial charge on any atom is -0.497 e. The lowest BCUT2D eigenvalue weighted by molar-refractivity contribution is 0.130. The molecule has 0 N–H and O–H groups in total. The maximum absolute atomic E-state index is 5.66. The quantitative estimate of drug-likeness (QED) is 0.437. The van der Waals surface area contributed by atoms with Crippen LogP contribution in [-0.2, 0) is 11.4 Å². The Labute approximate surface area is 170 Å². The summed E-state index contributed by atoms with van der Waals surface area (Å²) < 4.78 is 5.20. The van der Waals surface area contributed by atoms with Gasteiger partial charge in [0, 0.05) is 0 Å². The molecular weight excluding hydrogens is 346 g/mol. The Morgan fingerprint density at radius 1 is 1.14 bits per heavy atom. The lowest BCUT2D eigenvalue weighted by Crippen LogP contribution is -2.28. The third kappa shape index (κ3) is 3.27. The zero-order valence-corrected chi connectivity index (χ0v) is 18.1. The second-order valence-corrected chi connectivity index (χ2v) is 10.0. The molecule has 0 unspecified atom stereocenters. The van der Waals surface area contributed by atoms with E-state index < -0.39 is 0 Å². The van der Waals surface area contributed by atoms with Gasteiger partial charge in [-0.3, -0.25) is 0 Å². The minimum atomic E-state index is 0.369. The van der Waals surface area contributed by atoms with E-state index in [0.29, 0.717) is 17.4 Å². The van der Waals surface area contributed by atoms with Crippen molar-refractivity contribution >= 4 is 5.71 Å². The molecule has 3 nitrogen and oxygen atoms in total. The van der Waals surface area contributed by atoms with Crippen molar-refractivity contribution in [2.75, 3.05) is 7.11 Å². The molecule has 28 heavy (non-hydrogen) atoms. The highest BCUT2D eigenvalue weighted by molar-refractivity contribution is 5.93. The monoisotopic (exact) mass is 381 g/mol. The van der Waals surface area contributed by atoms with Crippen molar-refractivity contribution in [3.63, 3.8) is 0 Å². The summed E-state index contributed by atoms with van der Waals surface area (Å²) in [6, 6.07) is 7.96. The molecule has 3 aliphatic rings. The van der Waals surface area contributed by atoms with Crippen LogP contribution in [0.15, 0.2) is 41.1 Å². The standard InChI is InChI=1S/C25H35NO2/c1-17(26-28-16-18-7-9-19(27-5)10-8-18)15-22-20-11-12-21-23(20)24(2,3)13-6-14-25(21,22)4/h7-10,15,20-21,23H,6,11-14,16H2,1-5H3/b22-15?,26-17+/t20-,21-,23-,25+/m1/s1. The third-order valence-electron chi connectivity index (χ3n) is 7.92. The van der Waals surface area contributed by atoms with Gasteiger partial charge in [0.2, 0.25) is 0 Å². The summed E-state index contributed by atoms with van der Waals surface area (Å²) in [7, 11) is 1.68. The largest absolute Gasteiger partial charge is 0.497 e. The van der Waals surface area contributed by atoms with Crippen LogP contribution in [0.25, 0.3) is 0 Å². The lowest BCUT2D eigenvalue weighted by Gasteiger charge is -2.36. The second kappa shape index (κ2) is 7.24. The van der Waals surface area contributed by atoms with Gasteiger partial charge < -0.3 is 9.57 Å². The number of oxime groups is 1. The molecule has 1 aromatic rings. The predicted molar refractivity (Wildman–Crippen MR) is 114 cm³/mol. The SMILES string of the molecule is COc1ccc(CO/N=C(\C)C=C2[C@H]3CC[C@@H]4[C@@H]3C(C)(C)CCC[C@]24C)cc1. The highest BCUT2D eigenvalue weighted by atomic mass is 16.6. The van der Waals surface area contributed by atoms with Crippen LogP contribution < -0.4 is 4.74 Å². The van der Waals surface area contributed by atoms with Crippen LogP contribution in [0.4, 0.5) is 0 Å². The molecular formula is C25H35NO2. The summed E-state index contributed by atoms with van der Waals surface area (Å²) in [5, 5.41) is 4.42. The zero-order valence-electron chi connectivity index (χ0n) is 18.1. The number of hydrogen-bond donors (Lipinski definition) is 0. The van der Waals surface area contributed by atoms with Crippen molar-refractivity contribution in [2.24, 2.45) is 33.7 Å². The summed E-state index contributed by atoms with van der Waals surface area (Å²) in [5.74, 6) is 3.31. The Bertz CT molecular complexity index is 776. The van der Waals surface area contributed by atoms with E-state index >= 15 is 0 Å². The Morgan fingerprint density at radius 3 is 2.61 bits per heavy atom. The Balaban J connectivity index is 1.49. The van der Waals surface area contributed by atoms with Crippen LogP contribution in [0, 0.1) is 28.6 Å². The van der Waals surface area contributed by atoms with Gasteiger partial charge in [-0.1, -0.05) is 50.1 Å². The minimum absolute atomic E-state index is 0.369. The van der Waals surface area contributed by atoms with Crippen molar-refractivity contribution in [3.05, 3.63) is 41.5 Å². The molecule has 3 fully saturated rings. The summed E-state index contributed by atoms with van der Waals surface area (Å²) in [6.07, 6.45) is 9.21. The van der Waals surface area contributed by atoms with Crippen molar-refractivity contribution in [2.45, 2.75) is 66.4 Å². The number of benzene rings is 1. The lowest BCUT2D eigenvalue weighted by atomic mass is 9.68. The highest BCUT2D eigenvalue weighted by Crippen LogP contribution is 2.70. The van der Waals surface area contributed by atoms with E-state index in [1.165, 1.54) is 32.1 Å². The first-order valence-corrected chi connectivity index (χ1v) is 10.9. The van der Waals surface area contributed by atoms with Gasteiger partial charge in [-0.2, -0.15) is 0 Å². The molecule has 0 saturated heterocycles. The maximum atomic E-state index is 5.66. The average Bonchev–Trinajstić information content (AvgIpc) is 3.17. The van der Waals surface area contributed by atoms with Gasteiger partial charge in [0.1, 0.15) is 12.4 Å². The van der Waals surface area contributed by atoms with Gasteiger partial charge in [-0.25, -0.2) is 0 Å². The molecule has 0 aromatic heterocycles. The number of nitrogens with zero attached hydrogens (tertiary/aromatic N) is 1. The van der Waals surface area contributed by atoms with Crippen LogP contribution in [0.3, 0.4) is 0 Å². The van der Waals surface area contributed by atoms with E-state index in [1.807, 2.05) is 24.3 Å². The molecule has 4 atom stereocenters. The number of ether oxygens (including phenoxy) is 1. The van der Waals surface area contributed by atoms with E-state index in [0.717, 1.165) is 34.8 Å². The Morgan fingerprint density at radius 2 is 1.89 bits per heavy atom.